The number of carbonyl (C=O) groups is 1. The summed E-state index contributed by atoms with van der Waals surface area (Å²) >= 11 is 6.05. The Hall–Kier alpha value is -1.10. The smallest absolute Gasteiger partial charge is 0.240 e. The molecule has 0 unspecified atom stereocenters. The molecule has 0 spiro atoms. The summed E-state index contributed by atoms with van der Waals surface area (Å²) in [6.07, 6.45) is 0.967. The van der Waals surface area contributed by atoms with Gasteiger partial charge >= 0.3 is 0 Å². The Balaban J connectivity index is 2.01. The highest BCUT2D eigenvalue weighted by molar-refractivity contribution is 6.30. The second-order valence-corrected chi connectivity index (χ2v) is 9.91. The molecule has 1 aromatic carbocycles. The van der Waals surface area contributed by atoms with E-state index >= 15 is 0 Å². The van der Waals surface area contributed by atoms with Gasteiger partial charge in [-0.3, -0.25) is 10.1 Å². The van der Waals surface area contributed by atoms with Gasteiger partial charge in [0.05, 0.1) is 19.4 Å². The van der Waals surface area contributed by atoms with Gasteiger partial charge in [-0.25, -0.2) is 0 Å². The van der Waals surface area contributed by atoms with Crippen molar-refractivity contribution in [2.24, 2.45) is 17.3 Å². The van der Waals surface area contributed by atoms with Crippen LogP contribution in [0.3, 0.4) is 0 Å². The van der Waals surface area contributed by atoms with Crippen LogP contribution in [0.15, 0.2) is 24.3 Å². The van der Waals surface area contributed by atoms with Crippen molar-refractivity contribution in [1.29, 1.82) is 0 Å². The van der Waals surface area contributed by atoms with Crippen LogP contribution in [0.1, 0.15) is 59.4 Å². The highest BCUT2D eigenvalue weighted by Crippen LogP contribution is 2.42. The molecule has 0 saturated carbocycles. The molecule has 1 fully saturated rings. The number of carbonyl (C=O) groups excluding carboxylic acids is 1. The first-order valence-corrected chi connectivity index (χ1v) is 10.8. The Bertz CT molecular complexity index is 628. The number of halogens is 1. The summed E-state index contributed by atoms with van der Waals surface area (Å²) in [4.78, 5) is 15.3. The van der Waals surface area contributed by atoms with Gasteiger partial charge in [0.1, 0.15) is 0 Å². The van der Waals surface area contributed by atoms with Gasteiger partial charge < -0.3 is 9.64 Å². The molecule has 1 saturated heterocycles. The first kappa shape index (κ1) is 23.2. The number of nitrogens with zero attached hydrogens (tertiary/aromatic N) is 1. The van der Waals surface area contributed by atoms with Crippen LogP contribution in [-0.4, -0.2) is 43.3 Å². The fourth-order valence-electron chi connectivity index (χ4n) is 4.11. The Labute approximate surface area is 176 Å². The van der Waals surface area contributed by atoms with E-state index in [2.05, 4.69) is 59.0 Å². The van der Waals surface area contributed by atoms with Crippen LogP contribution in [0.25, 0.3) is 0 Å². The van der Waals surface area contributed by atoms with Crippen LogP contribution < -0.4 is 5.32 Å². The molecule has 28 heavy (non-hydrogen) atoms. The Morgan fingerprint density at radius 3 is 2.43 bits per heavy atom. The molecule has 5 heteroatoms. The number of rotatable bonds is 8. The van der Waals surface area contributed by atoms with E-state index in [4.69, 9.17) is 16.3 Å². The lowest BCUT2D eigenvalue weighted by Crippen LogP contribution is -2.55. The number of amides is 1. The summed E-state index contributed by atoms with van der Waals surface area (Å²) in [5, 5.41) is 4.08. The minimum atomic E-state index is -0.213. The number of piperidine rings is 1. The normalized spacial score (nSPS) is 20.6. The summed E-state index contributed by atoms with van der Waals surface area (Å²) in [6.45, 7) is 15.6. The molecular formula is C23H37ClN2O2. The van der Waals surface area contributed by atoms with E-state index < -0.39 is 0 Å². The van der Waals surface area contributed by atoms with Gasteiger partial charge in [-0.1, -0.05) is 65.3 Å². The molecule has 0 aromatic heterocycles. The van der Waals surface area contributed by atoms with Crippen molar-refractivity contribution < 1.29 is 9.53 Å². The summed E-state index contributed by atoms with van der Waals surface area (Å²) < 4.78 is 5.65. The lowest BCUT2D eigenvalue weighted by atomic mass is 9.70. The number of likely N-dealkylation sites (tertiary alicyclic amines) is 1. The molecule has 1 N–H and O–H groups in total. The Kier molecular flexibility index (Phi) is 8.35. The third-order valence-electron chi connectivity index (χ3n) is 5.60. The van der Waals surface area contributed by atoms with Gasteiger partial charge in [-0.2, -0.15) is 0 Å². The van der Waals surface area contributed by atoms with Gasteiger partial charge in [-0.05, 0) is 47.3 Å². The maximum atomic E-state index is 13.2. The zero-order chi connectivity index (χ0) is 20.9. The van der Waals surface area contributed by atoms with Gasteiger partial charge in [0.25, 0.3) is 0 Å². The van der Waals surface area contributed by atoms with Gasteiger partial charge in [-0.15, -0.1) is 0 Å². The number of nitrogens with one attached hydrogen (secondary N) is 1. The number of ether oxygens (including phenoxy) is 1. The fraction of sp³-hybridized carbons (Fsp3) is 0.696. The van der Waals surface area contributed by atoms with Crippen LogP contribution in [0.5, 0.6) is 0 Å². The SMILES string of the molecule is CC(C)COCN[C@@H](C(=O)N1CC[C@H](c2ccc(Cl)cc2)C(C)(C)C1)C(C)C. The standard InChI is InChI=1S/C23H37ClN2O2/c1-16(2)13-28-15-25-21(17(3)4)22(27)26-12-11-20(23(5,6)14-26)18-7-9-19(24)10-8-18/h7-10,16-17,20-21,25H,11-15H2,1-6H3/t20-,21-/m1/s1. The molecule has 4 nitrogen and oxygen atoms in total. The highest BCUT2D eigenvalue weighted by atomic mass is 35.5. The van der Waals surface area contributed by atoms with Crippen molar-refractivity contribution in [3.05, 3.63) is 34.9 Å². The lowest BCUT2D eigenvalue weighted by Gasteiger charge is -2.45. The maximum Gasteiger partial charge on any atom is 0.240 e. The van der Waals surface area contributed by atoms with E-state index in [1.165, 1.54) is 5.56 Å². The van der Waals surface area contributed by atoms with E-state index in [0.29, 0.717) is 25.2 Å². The van der Waals surface area contributed by atoms with E-state index in [1.807, 2.05) is 17.0 Å². The molecule has 0 bridgehead atoms. The molecule has 158 valence electrons. The highest BCUT2D eigenvalue weighted by Gasteiger charge is 2.40. The van der Waals surface area contributed by atoms with Crippen molar-refractivity contribution >= 4 is 17.5 Å². The van der Waals surface area contributed by atoms with Crippen molar-refractivity contribution in [2.75, 3.05) is 26.4 Å². The zero-order valence-electron chi connectivity index (χ0n) is 18.3. The van der Waals surface area contributed by atoms with Crippen molar-refractivity contribution in [1.82, 2.24) is 10.2 Å². The molecule has 0 radical (unpaired) electrons. The summed E-state index contributed by atoms with van der Waals surface area (Å²) in [7, 11) is 0. The number of hydrogen-bond acceptors (Lipinski definition) is 3. The minimum Gasteiger partial charge on any atom is -0.366 e. The quantitative estimate of drug-likeness (QED) is 0.490. The van der Waals surface area contributed by atoms with Gasteiger partial charge in [0.2, 0.25) is 5.91 Å². The van der Waals surface area contributed by atoms with Crippen LogP contribution in [0.4, 0.5) is 0 Å². The van der Waals surface area contributed by atoms with Crippen LogP contribution in [0.2, 0.25) is 5.02 Å². The number of hydrogen-bond donors (Lipinski definition) is 1. The monoisotopic (exact) mass is 408 g/mol. The molecule has 1 aliphatic rings. The van der Waals surface area contributed by atoms with Crippen LogP contribution >= 0.6 is 11.6 Å². The Morgan fingerprint density at radius 2 is 1.89 bits per heavy atom. The molecule has 2 rings (SSSR count). The third-order valence-corrected chi connectivity index (χ3v) is 5.85. The molecular weight excluding hydrogens is 372 g/mol. The van der Waals surface area contributed by atoms with E-state index in [-0.39, 0.29) is 23.3 Å². The molecule has 1 aliphatic heterocycles. The summed E-state index contributed by atoms with van der Waals surface area (Å²) in [5.41, 5.74) is 1.32. The second-order valence-electron chi connectivity index (χ2n) is 9.48. The summed E-state index contributed by atoms with van der Waals surface area (Å²) in [6, 6.07) is 7.95. The van der Waals surface area contributed by atoms with Gasteiger partial charge in [0, 0.05) is 18.1 Å². The second kappa shape index (κ2) is 10.1. The number of benzene rings is 1. The van der Waals surface area contributed by atoms with E-state index in [1.54, 1.807) is 0 Å². The summed E-state index contributed by atoms with van der Waals surface area (Å²) in [5.74, 6) is 1.31. The van der Waals surface area contributed by atoms with Crippen molar-refractivity contribution in [3.63, 3.8) is 0 Å². The fourth-order valence-corrected chi connectivity index (χ4v) is 4.23. The van der Waals surface area contributed by atoms with Crippen molar-refractivity contribution in [3.8, 4) is 0 Å². The minimum absolute atomic E-state index is 0.0113. The first-order valence-electron chi connectivity index (χ1n) is 10.5. The lowest BCUT2D eigenvalue weighted by molar-refractivity contribution is -0.138. The van der Waals surface area contributed by atoms with Crippen LogP contribution in [-0.2, 0) is 9.53 Å². The molecule has 1 amide bonds. The molecule has 0 aliphatic carbocycles. The molecule has 2 atom stereocenters. The average Bonchev–Trinajstić information content (AvgIpc) is 2.61. The topological polar surface area (TPSA) is 41.6 Å². The Morgan fingerprint density at radius 1 is 1.25 bits per heavy atom. The largest absolute Gasteiger partial charge is 0.366 e. The predicted octanol–water partition coefficient (Wildman–Crippen LogP) is 4.93. The van der Waals surface area contributed by atoms with E-state index in [0.717, 1.165) is 24.5 Å². The zero-order valence-corrected chi connectivity index (χ0v) is 19.1. The van der Waals surface area contributed by atoms with Crippen molar-refractivity contribution in [2.45, 2.75) is 59.9 Å². The van der Waals surface area contributed by atoms with Gasteiger partial charge in [0.15, 0.2) is 0 Å². The maximum absolute atomic E-state index is 13.2. The van der Waals surface area contributed by atoms with E-state index in [9.17, 15) is 4.79 Å². The van der Waals surface area contributed by atoms with Crippen LogP contribution in [0, 0.1) is 17.3 Å². The predicted molar refractivity (Wildman–Crippen MR) is 117 cm³/mol. The average molecular weight is 409 g/mol. The molecule has 1 heterocycles. The molecule has 1 aromatic rings. The first-order chi connectivity index (χ1) is 13.1. The third kappa shape index (κ3) is 6.20.